The number of aliphatic hydroxyl groups is 1. The molecule has 3 nitrogen and oxygen atoms in total. The number of hydrogen-bond donors (Lipinski definition) is 2. The van der Waals surface area contributed by atoms with Crippen LogP contribution in [0.2, 0.25) is 0 Å². The number of nitrogens with one attached hydrogen (secondary N) is 1. The first-order valence-electron chi connectivity index (χ1n) is 5.57. The highest BCUT2D eigenvalue weighted by Gasteiger charge is 2.32. The van der Waals surface area contributed by atoms with Crippen LogP contribution in [0.5, 0.6) is 0 Å². The minimum atomic E-state index is -4.49. The summed E-state index contributed by atoms with van der Waals surface area (Å²) in [5, 5.41) is 12.8. The van der Waals surface area contributed by atoms with E-state index in [4.69, 9.17) is 0 Å². The predicted octanol–water partition coefficient (Wildman–Crippen LogP) is 2.52. The average molecular weight is 262 g/mol. The Labute approximate surface area is 104 Å². The fraction of sp³-hybridized carbons (Fsp3) is 0.583. The van der Waals surface area contributed by atoms with E-state index in [0.29, 0.717) is 0 Å². The third-order valence-corrected chi connectivity index (χ3v) is 2.23. The van der Waals surface area contributed by atoms with Crippen LogP contribution in [0.4, 0.5) is 13.2 Å². The van der Waals surface area contributed by atoms with Crippen molar-refractivity contribution in [2.24, 2.45) is 0 Å². The fourth-order valence-electron chi connectivity index (χ4n) is 1.30. The molecule has 0 aromatic carbocycles. The summed E-state index contributed by atoms with van der Waals surface area (Å²) in [6.07, 6.45) is -5.56. The molecule has 2 N–H and O–H groups in total. The molecule has 6 heteroatoms. The van der Waals surface area contributed by atoms with Gasteiger partial charge in [0.05, 0.1) is 5.69 Å². The van der Waals surface area contributed by atoms with Crippen LogP contribution >= 0.6 is 0 Å². The lowest BCUT2D eigenvalue weighted by Gasteiger charge is -2.22. The van der Waals surface area contributed by atoms with Gasteiger partial charge in [0.2, 0.25) is 0 Å². The zero-order valence-corrected chi connectivity index (χ0v) is 10.5. The Hall–Kier alpha value is -1.14. The molecule has 0 saturated heterocycles. The zero-order chi connectivity index (χ0) is 14.0. The molecule has 102 valence electrons. The highest BCUT2D eigenvalue weighted by molar-refractivity contribution is 5.15. The largest absolute Gasteiger partial charge is 0.433 e. The second kappa shape index (κ2) is 5.24. The topological polar surface area (TPSA) is 45.1 Å². The number of aliphatic hydroxyl groups excluding tert-OH is 1. The van der Waals surface area contributed by atoms with Crippen molar-refractivity contribution in [3.8, 4) is 0 Å². The quantitative estimate of drug-likeness (QED) is 0.879. The first kappa shape index (κ1) is 14.9. The van der Waals surface area contributed by atoms with E-state index in [2.05, 4.69) is 10.3 Å². The average Bonchev–Trinajstić information content (AvgIpc) is 2.24. The normalized spacial score (nSPS) is 14.6. The Balaban J connectivity index is 2.78. The summed E-state index contributed by atoms with van der Waals surface area (Å²) >= 11 is 0. The summed E-state index contributed by atoms with van der Waals surface area (Å²) < 4.78 is 37.3. The Morgan fingerprint density at radius 1 is 1.28 bits per heavy atom. The molecule has 0 aliphatic heterocycles. The molecule has 0 bridgehead atoms. The maximum Gasteiger partial charge on any atom is 0.433 e. The van der Waals surface area contributed by atoms with Crippen molar-refractivity contribution in [2.75, 3.05) is 6.54 Å². The third kappa shape index (κ3) is 4.62. The van der Waals surface area contributed by atoms with E-state index in [1.165, 1.54) is 12.1 Å². The number of halogens is 3. The van der Waals surface area contributed by atoms with Crippen molar-refractivity contribution >= 4 is 0 Å². The number of aromatic nitrogens is 1. The maximum atomic E-state index is 12.4. The number of hydrogen-bond acceptors (Lipinski definition) is 3. The van der Waals surface area contributed by atoms with Crippen LogP contribution in [0.3, 0.4) is 0 Å². The second-order valence-electron chi connectivity index (χ2n) is 5.09. The number of rotatable bonds is 3. The molecule has 0 amide bonds. The lowest BCUT2D eigenvalue weighted by Crippen LogP contribution is -2.38. The van der Waals surface area contributed by atoms with Gasteiger partial charge in [-0.25, -0.2) is 4.98 Å². The molecule has 0 aliphatic rings. The van der Waals surface area contributed by atoms with Crippen LogP contribution in [0.15, 0.2) is 18.2 Å². The van der Waals surface area contributed by atoms with Crippen LogP contribution in [0.25, 0.3) is 0 Å². The van der Waals surface area contributed by atoms with E-state index in [0.717, 1.165) is 6.07 Å². The molecular weight excluding hydrogens is 245 g/mol. The Morgan fingerprint density at radius 2 is 1.89 bits per heavy atom. The first-order valence-corrected chi connectivity index (χ1v) is 5.57. The number of pyridine rings is 1. The van der Waals surface area contributed by atoms with E-state index in [-0.39, 0.29) is 17.8 Å². The lowest BCUT2D eigenvalue weighted by atomic mass is 10.1. The summed E-state index contributed by atoms with van der Waals surface area (Å²) in [6, 6.07) is 3.50. The SMILES string of the molecule is CC(C)(C)NC[C@@H](O)c1cccc(C(F)(F)F)n1. The Bertz CT molecular complexity index is 399. The van der Waals surface area contributed by atoms with E-state index in [1.807, 2.05) is 20.8 Å². The van der Waals surface area contributed by atoms with Gasteiger partial charge in [-0.05, 0) is 32.9 Å². The number of alkyl halides is 3. The van der Waals surface area contributed by atoms with Gasteiger partial charge < -0.3 is 10.4 Å². The van der Waals surface area contributed by atoms with Crippen molar-refractivity contribution in [3.63, 3.8) is 0 Å². The first-order chi connectivity index (χ1) is 8.09. The van der Waals surface area contributed by atoms with Crippen LogP contribution in [-0.4, -0.2) is 22.2 Å². The Morgan fingerprint density at radius 3 is 2.39 bits per heavy atom. The molecule has 0 spiro atoms. The fourth-order valence-corrected chi connectivity index (χ4v) is 1.30. The molecule has 0 fully saturated rings. The van der Waals surface area contributed by atoms with Crippen molar-refractivity contribution in [2.45, 2.75) is 38.6 Å². The van der Waals surface area contributed by atoms with Gasteiger partial charge in [-0.3, -0.25) is 0 Å². The molecule has 1 aromatic rings. The molecule has 18 heavy (non-hydrogen) atoms. The maximum absolute atomic E-state index is 12.4. The summed E-state index contributed by atoms with van der Waals surface area (Å²) in [7, 11) is 0. The molecular formula is C12H17F3N2O. The summed E-state index contributed by atoms with van der Waals surface area (Å²) in [5.41, 5.74) is -1.20. The van der Waals surface area contributed by atoms with Gasteiger partial charge in [-0.1, -0.05) is 6.07 Å². The van der Waals surface area contributed by atoms with Crippen LogP contribution < -0.4 is 5.32 Å². The van der Waals surface area contributed by atoms with Gasteiger partial charge in [0.25, 0.3) is 0 Å². The monoisotopic (exact) mass is 262 g/mol. The highest BCUT2D eigenvalue weighted by atomic mass is 19.4. The molecule has 0 saturated carbocycles. The summed E-state index contributed by atoms with van der Waals surface area (Å²) in [6.45, 7) is 5.86. The second-order valence-corrected chi connectivity index (χ2v) is 5.09. The molecule has 0 aliphatic carbocycles. The van der Waals surface area contributed by atoms with Gasteiger partial charge >= 0.3 is 6.18 Å². The number of nitrogens with zero attached hydrogens (tertiary/aromatic N) is 1. The van der Waals surface area contributed by atoms with E-state index in [9.17, 15) is 18.3 Å². The molecule has 0 radical (unpaired) electrons. The molecule has 1 aromatic heterocycles. The van der Waals surface area contributed by atoms with Gasteiger partial charge in [0.1, 0.15) is 11.8 Å². The smallest absolute Gasteiger partial charge is 0.385 e. The van der Waals surface area contributed by atoms with E-state index in [1.54, 1.807) is 0 Å². The van der Waals surface area contributed by atoms with E-state index < -0.39 is 18.0 Å². The van der Waals surface area contributed by atoms with Crippen molar-refractivity contribution in [1.29, 1.82) is 0 Å². The van der Waals surface area contributed by atoms with Crippen molar-refractivity contribution in [1.82, 2.24) is 10.3 Å². The minimum Gasteiger partial charge on any atom is -0.385 e. The van der Waals surface area contributed by atoms with Gasteiger partial charge in [0, 0.05) is 12.1 Å². The van der Waals surface area contributed by atoms with E-state index >= 15 is 0 Å². The standard InChI is InChI=1S/C12H17F3N2O/c1-11(2,3)16-7-9(18)8-5-4-6-10(17-8)12(13,14)15/h4-6,9,16,18H,7H2,1-3H3/t9-/m1/s1. The highest BCUT2D eigenvalue weighted by Crippen LogP contribution is 2.28. The summed E-state index contributed by atoms with van der Waals surface area (Å²) in [5.74, 6) is 0. The van der Waals surface area contributed by atoms with Crippen LogP contribution in [0.1, 0.15) is 38.3 Å². The number of β-amino-alcohol motifs (C(OH)–C–C–N with tert-alkyl or cyclic N) is 1. The molecule has 1 rings (SSSR count). The lowest BCUT2D eigenvalue weighted by molar-refractivity contribution is -0.141. The van der Waals surface area contributed by atoms with Crippen LogP contribution in [-0.2, 0) is 6.18 Å². The van der Waals surface area contributed by atoms with Crippen LogP contribution in [0, 0.1) is 0 Å². The predicted molar refractivity (Wildman–Crippen MR) is 62.0 cm³/mol. The summed E-state index contributed by atoms with van der Waals surface area (Å²) in [4.78, 5) is 3.43. The minimum absolute atomic E-state index is 0.0153. The van der Waals surface area contributed by atoms with Crippen molar-refractivity contribution in [3.05, 3.63) is 29.6 Å². The Kier molecular flexibility index (Phi) is 4.34. The molecule has 0 unspecified atom stereocenters. The van der Waals surface area contributed by atoms with Gasteiger partial charge in [-0.15, -0.1) is 0 Å². The van der Waals surface area contributed by atoms with Gasteiger partial charge in [-0.2, -0.15) is 13.2 Å². The molecule has 1 atom stereocenters. The molecule has 1 heterocycles. The van der Waals surface area contributed by atoms with Gasteiger partial charge in [0.15, 0.2) is 0 Å². The van der Waals surface area contributed by atoms with Crippen molar-refractivity contribution < 1.29 is 18.3 Å². The zero-order valence-electron chi connectivity index (χ0n) is 10.5. The third-order valence-electron chi connectivity index (χ3n) is 2.23.